The lowest BCUT2D eigenvalue weighted by Gasteiger charge is -2.27. The van der Waals surface area contributed by atoms with E-state index in [2.05, 4.69) is 12.2 Å². The first kappa shape index (κ1) is 14.9. The van der Waals surface area contributed by atoms with Crippen LogP contribution in [0.4, 0.5) is 0 Å². The molecule has 4 nitrogen and oxygen atoms in total. The van der Waals surface area contributed by atoms with Crippen molar-refractivity contribution in [1.29, 1.82) is 0 Å². The van der Waals surface area contributed by atoms with Gasteiger partial charge in [0, 0.05) is 45.4 Å². The van der Waals surface area contributed by atoms with Crippen molar-refractivity contribution in [2.24, 2.45) is 5.41 Å². The van der Waals surface area contributed by atoms with Gasteiger partial charge in [-0.2, -0.15) is 0 Å². The van der Waals surface area contributed by atoms with Crippen LogP contribution in [0.2, 0.25) is 0 Å². The van der Waals surface area contributed by atoms with Gasteiger partial charge in [-0.25, -0.2) is 0 Å². The summed E-state index contributed by atoms with van der Waals surface area (Å²) in [5.41, 5.74) is 0.279. The Morgan fingerprint density at radius 1 is 1.29 bits per heavy atom. The van der Waals surface area contributed by atoms with E-state index < -0.39 is 0 Å². The van der Waals surface area contributed by atoms with Crippen molar-refractivity contribution in [1.82, 2.24) is 5.32 Å². The third-order valence-corrected chi connectivity index (χ3v) is 3.29. The third kappa shape index (κ3) is 5.82. The molecule has 0 aromatic rings. The molecule has 17 heavy (non-hydrogen) atoms. The summed E-state index contributed by atoms with van der Waals surface area (Å²) in [6.07, 6.45) is 3.32. The molecule has 0 spiro atoms. The number of nitrogens with one attached hydrogen (secondary N) is 1. The van der Waals surface area contributed by atoms with Crippen molar-refractivity contribution in [2.45, 2.75) is 26.2 Å². The molecule has 1 aliphatic rings. The number of ether oxygens (including phenoxy) is 3. The van der Waals surface area contributed by atoms with Crippen molar-refractivity contribution < 1.29 is 14.2 Å². The maximum atomic E-state index is 5.59. The molecule has 1 unspecified atom stereocenters. The van der Waals surface area contributed by atoms with Crippen LogP contribution in [-0.2, 0) is 14.2 Å². The van der Waals surface area contributed by atoms with E-state index in [-0.39, 0.29) is 5.41 Å². The molecule has 1 rings (SSSR count). The van der Waals surface area contributed by atoms with Crippen LogP contribution in [0.15, 0.2) is 0 Å². The van der Waals surface area contributed by atoms with E-state index >= 15 is 0 Å². The highest BCUT2D eigenvalue weighted by Gasteiger charge is 2.34. The predicted octanol–water partition coefficient (Wildman–Crippen LogP) is 1.45. The van der Waals surface area contributed by atoms with Gasteiger partial charge in [-0.1, -0.05) is 6.92 Å². The Balaban J connectivity index is 2.19. The van der Waals surface area contributed by atoms with Gasteiger partial charge >= 0.3 is 0 Å². The summed E-state index contributed by atoms with van der Waals surface area (Å²) in [5, 5.41) is 3.45. The average Bonchev–Trinajstić information content (AvgIpc) is 2.80. The normalized spacial score (nSPS) is 24.4. The van der Waals surface area contributed by atoms with Gasteiger partial charge in [-0.15, -0.1) is 0 Å². The zero-order valence-electron chi connectivity index (χ0n) is 11.3. The number of methoxy groups -OCH3 is 1. The predicted molar refractivity (Wildman–Crippen MR) is 68.3 cm³/mol. The summed E-state index contributed by atoms with van der Waals surface area (Å²) in [5.74, 6) is 0. The van der Waals surface area contributed by atoms with Gasteiger partial charge in [-0.05, 0) is 19.3 Å². The topological polar surface area (TPSA) is 39.7 Å². The van der Waals surface area contributed by atoms with E-state index in [1.54, 1.807) is 7.11 Å². The Hall–Kier alpha value is -0.160. The minimum atomic E-state index is 0.279. The second-order valence-electron chi connectivity index (χ2n) is 4.83. The molecule has 0 amide bonds. The molecule has 1 atom stereocenters. The maximum Gasteiger partial charge on any atom is 0.0587 e. The van der Waals surface area contributed by atoms with Crippen molar-refractivity contribution in [2.75, 3.05) is 53.2 Å². The van der Waals surface area contributed by atoms with Crippen LogP contribution in [0, 0.1) is 5.41 Å². The molecule has 0 radical (unpaired) electrons. The summed E-state index contributed by atoms with van der Waals surface area (Å²) in [6.45, 7) is 8.29. The van der Waals surface area contributed by atoms with Crippen molar-refractivity contribution in [3.05, 3.63) is 0 Å². The molecule has 0 bridgehead atoms. The van der Waals surface area contributed by atoms with E-state index in [0.717, 1.165) is 65.4 Å². The summed E-state index contributed by atoms with van der Waals surface area (Å²) >= 11 is 0. The molecule has 4 heteroatoms. The van der Waals surface area contributed by atoms with Crippen LogP contribution in [-0.4, -0.2) is 53.2 Å². The summed E-state index contributed by atoms with van der Waals surface area (Å²) < 4.78 is 16.2. The zero-order valence-corrected chi connectivity index (χ0v) is 11.3. The molecule has 0 saturated carbocycles. The van der Waals surface area contributed by atoms with Crippen LogP contribution in [0.25, 0.3) is 0 Å². The number of hydrogen-bond acceptors (Lipinski definition) is 4. The molecule has 1 aliphatic heterocycles. The van der Waals surface area contributed by atoms with Crippen LogP contribution < -0.4 is 5.32 Å². The molecule has 102 valence electrons. The van der Waals surface area contributed by atoms with Crippen LogP contribution in [0.3, 0.4) is 0 Å². The minimum Gasteiger partial charge on any atom is -0.383 e. The van der Waals surface area contributed by atoms with E-state index in [0.29, 0.717) is 0 Å². The van der Waals surface area contributed by atoms with Gasteiger partial charge in [0.1, 0.15) is 0 Å². The van der Waals surface area contributed by atoms with Gasteiger partial charge < -0.3 is 19.5 Å². The molecular weight excluding hydrogens is 218 g/mol. The lowest BCUT2D eigenvalue weighted by atomic mass is 9.84. The van der Waals surface area contributed by atoms with Crippen LogP contribution in [0.5, 0.6) is 0 Å². The van der Waals surface area contributed by atoms with Crippen molar-refractivity contribution in [3.63, 3.8) is 0 Å². The fourth-order valence-corrected chi connectivity index (χ4v) is 2.14. The molecule has 1 heterocycles. The van der Waals surface area contributed by atoms with E-state index in [1.807, 2.05) is 0 Å². The molecule has 0 aromatic heterocycles. The SMILES string of the molecule is CCCOCCC1(CNCCOC)CCOC1. The van der Waals surface area contributed by atoms with Crippen molar-refractivity contribution >= 4 is 0 Å². The summed E-state index contributed by atoms with van der Waals surface area (Å²) in [4.78, 5) is 0. The fourth-order valence-electron chi connectivity index (χ4n) is 2.14. The highest BCUT2D eigenvalue weighted by Crippen LogP contribution is 2.31. The van der Waals surface area contributed by atoms with Crippen LogP contribution in [0.1, 0.15) is 26.2 Å². The van der Waals surface area contributed by atoms with Crippen LogP contribution >= 0.6 is 0 Å². The standard InChI is InChI=1S/C13H27NO3/c1-3-7-16-8-4-13(5-9-17-12-13)11-14-6-10-15-2/h14H,3-12H2,1-2H3. The average molecular weight is 245 g/mol. The number of hydrogen-bond donors (Lipinski definition) is 1. The maximum absolute atomic E-state index is 5.59. The first-order chi connectivity index (χ1) is 8.33. The van der Waals surface area contributed by atoms with E-state index in [9.17, 15) is 0 Å². The second kappa shape index (κ2) is 8.86. The second-order valence-corrected chi connectivity index (χ2v) is 4.83. The molecule has 0 aliphatic carbocycles. The third-order valence-electron chi connectivity index (χ3n) is 3.29. The smallest absolute Gasteiger partial charge is 0.0587 e. The van der Waals surface area contributed by atoms with E-state index in [1.165, 1.54) is 0 Å². The zero-order chi connectivity index (χ0) is 12.4. The van der Waals surface area contributed by atoms with Gasteiger partial charge in [0.25, 0.3) is 0 Å². The molecule has 0 aromatic carbocycles. The minimum absolute atomic E-state index is 0.279. The Bertz CT molecular complexity index is 168. The fraction of sp³-hybridized carbons (Fsp3) is 1.00. The first-order valence-electron chi connectivity index (χ1n) is 6.68. The Kier molecular flexibility index (Phi) is 7.77. The monoisotopic (exact) mass is 245 g/mol. The van der Waals surface area contributed by atoms with Gasteiger partial charge in [0.2, 0.25) is 0 Å². The molecule has 1 saturated heterocycles. The van der Waals surface area contributed by atoms with Crippen molar-refractivity contribution in [3.8, 4) is 0 Å². The quantitative estimate of drug-likeness (QED) is 0.591. The van der Waals surface area contributed by atoms with Gasteiger partial charge in [-0.3, -0.25) is 0 Å². The Morgan fingerprint density at radius 3 is 2.82 bits per heavy atom. The summed E-state index contributed by atoms with van der Waals surface area (Å²) in [6, 6.07) is 0. The largest absolute Gasteiger partial charge is 0.383 e. The highest BCUT2D eigenvalue weighted by atomic mass is 16.5. The summed E-state index contributed by atoms with van der Waals surface area (Å²) in [7, 11) is 1.73. The molecule has 1 N–H and O–H groups in total. The number of rotatable bonds is 10. The van der Waals surface area contributed by atoms with Gasteiger partial charge in [0.05, 0.1) is 13.2 Å². The Labute approximate surface area is 105 Å². The van der Waals surface area contributed by atoms with E-state index in [4.69, 9.17) is 14.2 Å². The molecular formula is C13H27NO3. The molecule has 1 fully saturated rings. The lowest BCUT2D eigenvalue weighted by molar-refractivity contribution is 0.0795. The highest BCUT2D eigenvalue weighted by molar-refractivity contribution is 4.85. The first-order valence-corrected chi connectivity index (χ1v) is 6.68. The van der Waals surface area contributed by atoms with Gasteiger partial charge in [0.15, 0.2) is 0 Å². The lowest BCUT2D eigenvalue weighted by Crippen LogP contribution is -2.37. The Morgan fingerprint density at radius 2 is 2.18 bits per heavy atom.